The molecule has 1 saturated heterocycles. The predicted molar refractivity (Wildman–Crippen MR) is 57.8 cm³/mol. The fourth-order valence-corrected chi connectivity index (χ4v) is 2.82. The Bertz CT molecular complexity index is 354. The van der Waals surface area contributed by atoms with Crippen molar-refractivity contribution < 1.29 is 4.79 Å². The molecule has 2 N–H and O–H groups in total. The molecule has 1 aromatic heterocycles. The largest absolute Gasteiger partial charge is 0.368 e. The van der Waals surface area contributed by atoms with Crippen molar-refractivity contribution in [1.82, 2.24) is 9.88 Å². The van der Waals surface area contributed by atoms with Crippen molar-refractivity contribution >= 4 is 33.2 Å². The van der Waals surface area contributed by atoms with Crippen molar-refractivity contribution in [2.75, 3.05) is 6.54 Å². The number of carbonyl (C=O) groups is 1. The molecule has 0 aromatic carbocycles. The summed E-state index contributed by atoms with van der Waals surface area (Å²) in [7, 11) is 0. The van der Waals surface area contributed by atoms with Gasteiger partial charge in [-0.1, -0.05) is 0 Å². The molecule has 4 nitrogen and oxygen atoms in total. The number of amides is 1. The molecule has 2 rings (SSSR count). The number of primary amides is 1. The Balaban J connectivity index is 1.95. The standard InChI is InChI=1S/C8H10BrN3OS/c9-6-3-11-7(14-6)4-12-2-1-5(12)8(10)13/h3,5H,1-2,4H2,(H2,10,13). The van der Waals surface area contributed by atoms with Crippen molar-refractivity contribution in [3.05, 3.63) is 15.0 Å². The minimum Gasteiger partial charge on any atom is -0.368 e. The molecule has 6 heteroatoms. The lowest BCUT2D eigenvalue weighted by atomic mass is 10.0. The summed E-state index contributed by atoms with van der Waals surface area (Å²) in [5, 5.41) is 1.02. The molecule has 0 aliphatic carbocycles. The van der Waals surface area contributed by atoms with Crippen molar-refractivity contribution in [3.8, 4) is 0 Å². The maximum absolute atomic E-state index is 10.9. The lowest BCUT2D eigenvalue weighted by molar-refractivity contribution is -0.127. The minimum atomic E-state index is -0.230. The van der Waals surface area contributed by atoms with Gasteiger partial charge in [-0.3, -0.25) is 9.69 Å². The normalized spacial score (nSPS) is 21.9. The number of halogens is 1. The maximum Gasteiger partial charge on any atom is 0.234 e. The second-order valence-electron chi connectivity index (χ2n) is 3.24. The number of likely N-dealkylation sites (tertiary alicyclic amines) is 1. The molecule has 0 bridgehead atoms. The number of hydrogen-bond donors (Lipinski definition) is 1. The van der Waals surface area contributed by atoms with Gasteiger partial charge in [0.15, 0.2) is 0 Å². The summed E-state index contributed by atoms with van der Waals surface area (Å²) in [6.45, 7) is 1.66. The van der Waals surface area contributed by atoms with Crippen LogP contribution in [-0.2, 0) is 11.3 Å². The first-order valence-electron chi connectivity index (χ1n) is 4.30. The third-order valence-corrected chi connectivity index (χ3v) is 3.78. The molecule has 1 aliphatic heterocycles. The predicted octanol–water partition coefficient (Wildman–Crippen LogP) is 0.965. The number of nitrogens with two attached hydrogens (primary N) is 1. The van der Waals surface area contributed by atoms with Gasteiger partial charge in [-0.2, -0.15) is 0 Å². The Morgan fingerprint density at radius 2 is 2.64 bits per heavy atom. The third kappa shape index (κ3) is 1.97. The van der Waals surface area contributed by atoms with Crippen LogP contribution in [0.4, 0.5) is 0 Å². The van der Waals surface area contributed by atoms with E-state index in [1.165, 1.54) is 0 Å². The molecular weight excluding hydrogens is 266 g/mol. The van der Waals surface area contributed by atoms with E-state index in [1.54, 1.807) is 17.5 Å². The molecule has 0 spiro atoms. The Morgan fingerprint density at radius 3 is 3.07 bits per heavy atom. The Kier molecular flexibility index (Phi) is 2.85. The van der Waals surface area contributed by atoms with Crippen molar-refractivity contribution in [3.63, 3.8) is 0 Å². The number of rotatable bonds is 3. The lowest BCUT2D eigenvalue weighted by Crippen LogP contribution is -2.54. The quantitative estimate of drug-likeness (QED) is 0.894. The van der Waals surface area contributed by atoms with E-state index in [4.69, 9.17) is 5.73 Å². The van der Waals surface area contributed by atoms with Gasteiger partial charge < -0.3 is 5.73 Å². The summed E-state index contributed by atoms with van der Waals surface area (Å²) in [4.78, 5) is 17.2. The summed E-state index contributed by atoms with van der Waals surface area (Å²) in [5.41, 5.74) is 5.24. The molecule has 2 heterocycles. The van der Waals surface area contributed by atoms with Crippen LogP contribution in [0.25, 0.3) is 0 Å². The third-order valence-electron chi connectivity index (χ3n) is 2.32. The van der Waals surface area contributed by atoms with E-state index in [2.05, 4.69) is 20.9 Å². The van der Waals surface area contributed by atoms with Crippen LogP contribution >= 0.6 is 27.3 Å². The second-order valence-corrected chi connectivity index (χ2v) is 5.73. The molecule has 14 heavy (non-hydrogen) atoms. The molecule has 1 fully saturated rings. The van der Waals surface area contributed by atoms with Gasteiger partial charge in [-0.05, 0) is 22.4 Å². The zero-order valence-corrected chi connectivity index (χ0v) is 9.84. The average molecular weight is 276 g/mol. The first-order valence-corrected chi connectivity index (χ1v) is 5.91. The van der Waals surface area contributed by atoms with E-state index in [0.717, 1.165) is 28.3 Å². The van der Waals surface area contributed by atoms with E-state index in [9.17, 15) is 4.79 Å². The zero-order valence-electron chi connectivity index (χ0n) is 7.44. The number of hydrogen-bond acceptors (Lipinski definition) is 4. The van der Waals surface area contributed by atoms with E-state index in [1.807, 2.05) is 4.90 Å². The van der Waals surface area contributed by atoms with Crippen LogP contribution in [0, 0.1) is 0 Å². The Morgan fingerprint density at radius 1 is 1.86 bits per heavy atom. The summed E-state index contributed by atoms with van der Waals surface area (Å²) in [6, 6.07) is -0.0855. The van der Waals surface area contributed by atoms with Crippen molar-refractivity contribution in [1.29, 1.82) is 0 Å². The van der Waals surface area contributed by atoms with E-state index < -0.39 is 0 Å². The first kappa shape index (κ1) is 10.1. The van der Waals surface area contributed by atoms with Crippen LogP contribution in [0.1, 0.15) is 11.4 Å². The monoisotopic (exact) mass is 275 g/mol. The van der Waals surface area contributed by atoms with Crippen LogP contribution in [0.15, 0.2) is 9.98 Å². The minimum absolute atomic E-state index is 0.0855. The highest BCUT2D eigenvalue weighted by Crippen LogP contribution is 2.24. The fraction of sp³-hybridized carbons (Fsp3) is 0.500. The first-order chi connectivity index (χ1) is 6.66. The van der Waals surface area contributed by atoms with Crippen LogP contribution in [-0.4, -0.2) is 28.4 Å². The van der Waals surface area contributed by atoms with Crippen LogP contribution in [0.5, 0.6) is 0 Å². The lowest BCUT2D eigenvalue weighted by Gasteiger charge is -2.37. The molecule has 1 aromatic rings. The zero-order chi connectivity index (χ0) is 10.1. The van der Waals surface area contributed by atoms with Crippen LogP contribution in [0.2, 0.25) is 0 Å². The van der Waals surface area contributed by atoms with Gasteiger partial charge in [-0.25, -0.2) is 4.98 Å². The SMILES string of the molecule is NC(=O)C1CCN1Cc1ncc(Br)s1. The Labute approximate surface area is 94.2 Å². The van der Waals surface area contributed by atoms with Crippen LogP contribution in [0.3, 0.4) is 0 Å². The van der Waals surface area contributed by atoms with Gasteiger partial charge in [0.05, 0.1) is 22.6 Å². The number of nitrogens with zero attached hydrogens (tertiary/aromatic N) is 2. The van der Waals surface area contributed by atoms with Gasteiger partial charge in [0.2, 0.25) is 5.91 Å². The van der Waals surface area contributed by atoms with Gasteiger partial charge in [0.1, 0.15) is 5.01 Å². The van der Waals surface area contributed by atoms with Gasteiger partial charge in [-0.15, -0.1) is 11.3 Å². The fourth-order valence-electron chi connectivity index (χ4n) is 1.49. The molecule has 76 valence electrons. The molecule has 1 unspecified atom stereocenters. The van der Waals surface area contributed by atoms with Gasteiger partial charge in [0, 0.05) is 6.54 Å². The summed E-state index contributed by atoms with van der Waals surface area (Å²) >= 11 is 4.94. The summed E-state index contributed by atoms with van der Waals surface area (Å²) in [6.07, 6.45) is 2.65. The molecule has 1 aliphatic rings. The number of carbonyl (C=O) groups excluding carboxylic acids is 1. The van der Waals surface area contributed by atoms with Crippen molar-refractivity contribution in [2.45, 2.75) is 19.0 Å². The van der Waals surface area contributed by atoms with Gasteiger partial charge >= 0.3 is 0 Å². The molecule has 1 amide bonds. The molecule has 0 radical (unpaired) electrons. The number of aromatic nitrogens is 1. The highest BCUT2D eigenvalue weighted by Gasteiger charge is 2.32. The molecule has 0 saturated carbocycles. The number of thiazole rings is 1. The van der Waals surface area contributed by atoms with E-state index >= 15 is 0 Å². The summed E-state index contributed by atoms with van der Waals surface area (Å²) < 4.78 is 1.02. The molecular formula is C8H10BrN3OS. The van der Waals surface area contributed by atoms with Gasteiger partial charge in [0.25, 0.3) is 0 Å². The molecule has 1 atom stereocenters. The summed E-state index contributed by atoms with van der Waals surface area (Å²) in [5.74, 6) is -0.230. The highest BCUT2D eigenvalue weighted by molar-refractivity contribution is 9.11. The average Bonchev–Trinajstić information content (AvgIpc) is 2.44. The Hall–Kier alpha value is -0.460. The maximum atomic E-state index is 10.9. The smallest absolute Gasteiger partial charge is 0.234 e. The highest BCUT2D eigenvalue weighted by atomic mass is 79.9. The second kappa shape index (κ2) is 3.96. The topological polar surface area (TPSA) is 59.2 Å². The van der Waals surface area contributed by atoms with E-state index in [-0.39, 0.29) is 11.9 Å². The van der Waals surface area contributed by atoms with Crippen molar-refractivity contribution in [2.24, 2.45) is 5.73 Å². The van der Waals surface area contributed by atoms with E-state index in [0.29, 0.717) is 0 Å². The van der Waals surface area contributed by atoms with Crippen LogP contribution < -0.4 is 5.73 Å².